The quantitative estimate of drug-likeness (QED) is 0.787. The molecule has 3 rings (SSSR count). The molecule has 1 aliphatic rings. The number of aromatic nitrogens is 4. The van der Waals surface area contributed by atoms with E-state index in [4.69, 9.17) is 0 Å². The number of likely N-dealkylation sites (N-methyl/N-ethyl adjacent to an activating group) is 1. The van der Waals surface area contributed by atoms with Gasteiger partial charge >= 0.3 is 0 Å². The topological polar surface area (TPSA) is 87.1 Å². The van der Waals surface area contributed by atoms with Gasteiger partial charge in [0.05, 0.1) is 0 Å². The Morgan fingerprint density at radius 2 is 1.92 bits per heavy atom. The summed E-state index contributed by atoms with van der Waals surface area (Å²) in [5.41, 5.74) is 0.633. The number of rotatable bonds is 6. The first-order chi connectivity index (χ1) is 12.6. The maximum atomic E-state index is 11.9. The number of carbonyl (C=O) groups excluding carboxylic acids is 1. The number of aryl methyl sites for hydroxylation is 1. The van der Waals surface area contributed by atoms with Crippen LogP contribution in [0.15, 0.2) is 18.3 Å². The first kappa shape index (κ1) is 18.2. The summed E-state index contributed by atoms with van der Waals surface area (Å²) in [7, 11) is 2.12. The predicted molar refractivity (Wildman–Crippen MR) is 101 cm³/mol. The van der Waals surface area contributed by atoms with Gasteiger partial charge in [0.2, 0.25) is 11.9 Å². The molecule has 0 radical (unpaired) electrons. The van der Waals surface area contributed by atoms with E-state index >= 15 is 0 Å². The van der Waals surface area contributed by atoms with E-state index < -0.39 is 0 Å². The molecule has 2 aromatic rings. The predicted octanol–water partition coefficient (Wildman–Crippen LogP) is 1.92. The summed E-state index contributed by atoms with van der Waals surface area (Å²) in [6.45, 7) is 7.62. The van der Waals surface area contributed by atoms with E-state index in [0.29, 0.717) is 29.7 Å². The molecule has 26 heavy (non-hydrogen) atoms. The van der Waals surface area contributed by atoms with E-state index in [2.05, 4.69) is 42.1 Å². The Kier molecular flexibility index (Phi) is 5.72. The molecule has 0 aromatic carbocycles. The highest BCUT2D eigenvalue weighted by molar-refractivity contribution is 5.96. The number of anilines is 3. The smallest absolute Gasteiger partial charge is 0.233 e. The van der Waals surface area contributed by atoms with Gasteiger partial charge in [-0.3, -0.25) is 4.79 Å². The molecule has 138 valence electrons. The zero-order chi connectivity index (χ0) is 18.5. The van der Waals surface area contributed by atoms with E-state index in [9.17, 15) is 4.79 Å². The second-order valence-corrected chi connectivity index (χ2v) is 6.35. The van der Waals surface area contributed by atoms with Crippen LogP contribution >= 0.6 is 0 Å². The number of nitrogens with one attached hydrogen (secondary N) is 1. The lowest BCUT2D eigenvalue weighted by Crippen LogP contribution is -2.45. The van der Waals surface area contributed by atoms with Crippen molar-refractivity contribution in [1.82, 2.24) is 24.8 Å². The lowest BCUT2D eigenvalue weighted by molar-refractivity contribution is 0.0988. The minimum absolute atomic E-state index is 0.0819. The number of ketones is 1. The van der Waals surface area contributed by atoms with E-state index in [0.717, 1.165) is 38.4 Å². The van der Waals surface area contributed by atoms with E-state index in [1.165, 1.54) is 0 Å². The first-order valence-electron chi connectivity index (χ1n) is 9.03. The molecule has 0 saturated carbocycles. The summed E-state index contributed by atoms with van der Waals surface area (Å²) in [6, 6.07) is 3.45. The van der Waals surface area contributed by atoms with Gasteiger partial charge in [-0.1, -0.05) is 13.8 Å². The van der Waals surface area contributed by atoms with Crippen molar-refractivity contribution in [3.05, 3.63) is 29.7 Å². The second kappa shape index (κ2) is 8.18. The molecule has 1 aliphatic heterocycles. The molecular weight excluding hydrogens is 330 g/mol. The molecule has 3 heterocycles. The molecule has 0 bridgehead atoms. The van der Waals surface area contributed by atoms with Crippen LogP contribution in [0.2, 0.25) is 0 Å². The van der Waals surface area contributed by atoms with Crippen molar-refractivity contribution in [3.8, 4) is 0 Å². The minimum Gasteiger partial charge on any atom is -0.338 e. The van der Waals surface area contributed by atoms with E-state index in [-0.39, 0.29) is 5.78 Å². The standard InChI is InChI=1S/C18H25N7O/c1-4-14(26)13-6-7-19-16(12-13)21-17-20-15(5-2)22-18(23-17)25-10-8-24(3)9-11-25/h6-7,12H,4-5,8-11H2,1-3H3,(H,19,20,21,22,23). The summed E-state index contributed by atoms with van der Waals surface area (Å²) in [4.78, 5) is 34.2. The van der Waals surface area contributed by atoms with Crippen molar-refractivity contribution in [3.63, 3.8) is 0 Å². The van der Waals surface area contributed by atoms with E-state index in [1.54, 1.807) is 18.3 Å². The molecule has 8 nitrogen and oxygen atoms in total. The van der Waals surface area contributed by atoms with Gasteiger partial charge in [0, 0.05) is 50.8 Å². The number of Topliss-reactive ketones (excluding diaryl/α,β-unsaturated/α-hetero) is 1. The van der Waals surface area contributed by atoms with Crippen molar-refractivity contribution in [1.29, 1.82) is 0 Å². The Labute approximate surface area is 153 Å². The highest BCUT2D eigenvalue weighted by Gasteiger charge is 2.18. The van der Waals surface area contributed by atoms with Crippen LogP contribution in [-0.2, 0) is 6.42 Å². The normalized spacial score (nSPS) is 15.1. The molecule has 2 aromatic heterocycles. The SMILES string of the molecule is CCC(=O)c1ccnc(Nc2nc(CC)nc(N3CCN(C)CC3)n2)c1. The third-order valence-corrected chi connectivity index (χ3v) is 4.42. The largest absolute Gasteiger partial charge is 0.338 e. The second-order valence-electron chi connectivity index (χ2n) is 6.35. The lowest BCUT2D eigenvalue weighted by Gasteiger charge is -2.32. The molecule has 1 fully saturated rings. The number of piperazine rings is 1. The van der Waals surface area contributed by atoms with Crippen LogP contribution in [-0.4, -0.2) is 63.8 Å². The number of hydrogen-bond acceptors (Lipinski definition) is 8. The summed E-state index contributed by atoms with van der Waals surface area (Å²) in [5, 5.41) is 3.12. The van der Waals surface area contributed by atoms with Gasteiger partial charge in [-0.25, -0.2) is 4.98 Å². The third kappa shape index (κ3) is 4.32. The van der Waals surface area contributed by atoms with Crippen molar-refractivity contribution < 1.29 is 4.79 Å². The minimum atomic E-state index is 0.0819. The molecule has 1 N–H and O–H groups in total. The van der Waals surface area contributed by atoms with Gasteiger partial charge in [0.25, 0.3) is 0 Å². The van der Waals surface area contributed by atoms with Gasteiger partial charge in [-0.15, -0.1) is 0 Å². The fourth-order valence-corrected chi connectivity index (χ4v) is 2.76. The van der Waals surface area contributed by atoms with Gasteiger partial charge in [0.1, 0.15) is 11.6 Å². The van der Waals surface area contributed by atoms with Crippen LogP contribution in [0.25, 0.3) is 0 Å². The fourth-order valence-electron chi connectivity index (χ4n) is 2.76. The Morgan fingerprint density at radius 3 is 2.62 bits per heavy atom. The Hall–Kier alpha value is -2.61. The maximum Gasteiger partial charge on any atom is 0.233 e. The van der Waals surface area contributed by atoms with Gasteiger partial charge in [-0.05, 0) is 19.2 Å². The molecule has 1 saturated heterocycles. The Morgan fingerprint density at radius 1 is 1.15 bits per heavy atom. The van der Waals surface area contributed by atoms with Crippen LogP contribution in [0.5, 0.6) is 0 Å². The lowest BCUT2D eigenvalue weighted by atomic mass is 10.1. The highest BCUT2D eigenvalue weighted by atomic mass is 16.1. The monoisotopic (exact) mass is 355 g/mol. The molecule has 0 amide bonds. The zero-order valence-electron chi connectivity index (χ0n) is 15.6. The van der Waals surface area contributed by atoms with Crippen molar-refractivity contribution >= 4 is 23.5 Å². The summed E-state index contributed by atoms with van der Waals surface area (Å²) in [5.74, 6) is 2.52. The van der Waals surface area contributed by atoms with Crippen LogP contribution in [0.1, 0.15) is 36.5 Å². The van der Waals surface area contributed by atoms with Crippen molar-refractivity contribution in [2.24, 2.45) is 0 Å². The molecule has 0 atom stereocenters. The molecule has 0 unspecified atom stereocenters. The van der Waals surface area contributed by atoms with Crippen LogP contribution in [0.4, 0.5) is 17.7 Å². The fraction of sp³-hybridized carbons (Fsp3) is 0.500. The molecule has 8 heteroatoms. The number of hydrogen-bond donors (Lipinski definition) is 1. The third-order valence-electron chi connectivity index (χ3n) is 4.42. The molecule has 0 aliphatic carbocycles. The van der Waals surface area contributed by atoms with Crippen molar-refractivity contribution in [2.75, 3.05) is 43.4 Å². The average Bonchev–Trinajstić information content (AvgIpc) is 2.67. The number of carbonyl (C=O) groups is 1. The molecule has 0 spiro atoms. The van der Waals surface area contributed by atoms with Crippen LogP contribution < -0.4 is 10.2 Å². The van der Waals surface area contributed by atoms with Crippen LogP contribution in [0, 0.1) is 0 Å². The van der Waals surface area contributed by atoms with Gasteiger partial charge in [-0.2, -0.15) is 15.0 Å². The van der Waals surface area contributed by atoms with Crippen molar-refractivity contribution in [2.45, 2.75) is 26.7 Å². The number of pyridine rings is 1. The molecular formula is C18H25N7O. The van der Waals surface area contributed by atoms with Crippen LogP contribution in [0.3, 0.4) is 0 Å². The first-order valence-corrected chi connectivity index (χ1v) is 9.03. The summed E-state index contributed by atoms with van der Waals surface area (Å²) < 4.78 is 0. The zero-order valence-corrected chi connectivity index (χ0v) is 15.6. The number of nitrogens with zero attached hydrogens (tertiary/aromatic N) is 6. The van der Waals surface area contributed by atoms with Gasteiger partial charge in [0.15, 0.2) is 5.78 Å². The highest BCUT2D eigenvalue weighted by Crippen LogP contribution is 2.17. The average molecular weight is 355 g/mol. The van der Waals surface area contributed by atoms with Gasteiger partial charge < -0.3 is 15.1 Å². The summed E-state index contributed by atoms with van der Waals surface area (Å²) >= 11 is 0. The maximum absolute atomic E-state index is 11.9. The Bertz CT molecular complexity index is 772. The Balaban J connectivity index is 1.83. The van der Waals surface area contributed by atoms with E-state index in [1.807, 2.05) is 13.8 Å². The summed E-state index contributed by atoms with van der Waals surface area (Å²) in [6.07, 6.45) is 2.80.